The first-order chi connectivity index (χ1) is 8.41. The van der Waals surface area contributed by atoms with E-state index in [1.54, 1.807) is 23.5 Å². The summed E-state index contributed by atoms with van der Waals surface area (Å²) < 4.78 is 0. The minimum atomic E-state index is 0.0273. The summed E-state index contributed by atoms with van der Waals surface area (Å²) in [5, 5.41) is 6.48. The maximum atomic E-state index is 11.4. The molecule has 0 aromatic heterocycles. The normalized spacial score (nSPS) is 10.8. The molecule has 0 aliphatic heterocycles. The van der Waals surface area contributed by atoms with Crippen LogP contribution in [-0.2, 0) is 9.59 Å². The van der Waals surface area contributed by atoms with Crippen LogP contribution in [0.5, 0.6) is 0 Å². The van der Waals surface area contributed by atoms with Gasteiger partial charge in [0, 0.05) is 13.1 Å². The molecule has 2 amide bonds. The molecule has 0 aliphatic carbocycles. The van der Waals surface area contributed by atoms with Crippen LogP contribution in [0, 0.1) is 0 Å². The third-order valence-electron chi connectivity index (χ3n) is 1.86. The van der Waals surface area contributed by atoms with Gasteiger partial charge in [-0.3, -0.25) is 9.59 Å². The smallest absolute Gasteiger partial charge is 0.230 e. The van der Waals surface area contributed by atoms with Crippen LogP contribution in [0.1, 0.15) is 27.7 Å². The largest absolute Gasteiger partial charge is 0.354 e. The summed E-state index contributed by atoms with van der Waals surface area (Å²) in [7, 11) is 0. The Morgan fingerprint density at radius 1 is 0.833 bits per heavy atom. The first kappa shape index (κ1) is 17.6. The minimum absolute atomic E-state index is 0.0273. The van der Waals surface area contributed by atoms with Crippen molar-refractivity contribution in [1.29, 1.82) is 0 Å². The lowest BCUT2D eigenvalue weighted by Gasteiger charge is -2.08. The third-order valence-corrected chi connectivity index (χ3v) is 4.06. The van der Waals surface area contributed by atoms with Gasteiger partial charge in [0.1, 0.15) is 0 Å². The van der Waals surface area contributed by atoms with E-state index in [4.69, 9.17) is 0 Å². The number of hydrogen-bond acceptors (Lipinski definition) is 4. The van der Waals surface area contributed by atoms with Gasteiger partial charge in [-0.1, -0.05) is 27.7 Å². The predicted octanol–water partition coefficient (Wildman–Crippen LogP) is 1.50. The van der Waals surface area contributed by atoms with E-state index in [0.717, 1.165) is 0 Å². The highest BCUT2D eigenvalue weighted by Gasteiger charge is 2.04. The Bertz CT molecular complexity index is 232. The average molecular weight is 292 g/mol. The third kappa shape index (κ3) is 12.1. The molecular formula is C12H24N2O2S2. The average Bonchev–Trinajstić information content (AvgIpc) is 2.29. The fourth-order valence-corrected chi connectivity index (χ4v) is 2.16. The number of thioether (sulfide) groups is 2. The molecule has 0 atom stereocenters. The zero-order valence-corrected chi connectivity index (χ0v) is 13.2. The van der Waals surface area contributed by atoms with Crippen molar-refractivity contribution in [3.8, 4) is 0 Å². The molecule has 0 unspecified atom stereocenters. The second-order valence-corrected chi connectivity index (χ2v) is 7.55. The van der Waals surface area contributed by atoms with Crippen LogP contribution >= 0.6 is 23.5 Å². The van der Waals surface area contributed by atoms with Gasteiger partial charge >= 0.3 is 0 Å². The highest BCUT2D eigenvalue weighted by Crippen LogP contribution is 2.08. The molecule has 0 aromatic carbocycles. The van der Waals surface area contributed by atoms with Crippen LogP contribution in [0.4, 0.5) is 0 Å². The van der Waals surface area contributed by atoms with E-state index >= 15 is 0 Å². The summed E-state index contributed by atoms with van der Waals surface area (Å²) in [5.74, 6) is 1.02. The highest BCUT2D eigenvalue weighted by molar-refractivity contribution is 8.00. The zero-order valence-electron chi connectivity index (χ0n) is 11.6. The summed E-state index contributed by atoms with van der Waals surface area (Å²) >= 11 is 3.22. The van der Waals surface area contributed by atoms with E-state index < -0.39 is 0 Å². The molecule has 0 saturated heterocycles. The maximum absolute atomic E-state index is 11.4. The van der Waals surface area contributed by atoms with Gasteiger partial charge in [0.2, 0.25) is 11.8 Å². The van der Waals surface area contributed by atoms with E-state index in [1.165, 1.54) is 0 Å². The topological polar surface area (TPSA) is 58.2 Å². The Hall–Kier alpha value is -0.360. The predicted molar refractivity (Wildman–Crippen MR) is 81.2 cm³/mol. The van der Waals surface area contributed by atoms with Crippen molar-refractivity contribution < 1.29 is 9.59 Å². The van der Waals surface area contributed by atoms with Crippen LogP contribution in [0.3, 0.4) is 0 Å². The molecule has 0 radical (unpaired) electrons. The van der Waals surface area contributed by atoms with E-state index in [1.807, 2.05) is 0 Å². The lowest BCUT2D eigenvalue weighted by Crippen LogP contribution is -2.36. The Kier molecular flexibility index (Phi) is 10.3. The summed E-state index contributed by atoms with van der Waals surface area (Å²) in [4.78, 5) is 22.7. The van der Waals surface area contributed by atoms with Gasteiger partial charge in [-0.15, -0.1) is 23.5 Å². The quantitative estimate of drug-likeness (QED) is 0.632. The SMILES string of the molecule is CC(C)SCC(=O)NCCNC(=O)CSC(C)C. The molecule has 0 bridgehead atoms. The zero-order chi connectivity index (χ0) is 14.0. The highest BCUT2D eigenvalue weighted by atomic mass is 32.2. The van der Waals surface area contributed by atoms with Crippen LogP contribution in [0.2, 0.25) is 0 Å². The Morgan fingerprint density at radius 3 is 1.44 bits per heavy atom. The van der Waals surface area contributed by atoms with Crippen LogP contribution in [-0.4, -0.2) is 46.9 Å². The summed E-state index contributed by atoms with van der Waals surface area (Å²) in [6.07, 6.45) is 0. The van der Waals surface area contributed by atoms with Gasteiger partial charge < -0.3 is 10.6 Å². The molecular weight excluding hydrogens is 268 g/mol. The van der Waals surface area contributed by atoms with E-state index in [2.05, 4.69) is 38.3 Å². The Morgan fingerprint density at radius 2 is 1.17 bits per heavy atom. The van der Waals surface area contributed by atoms with Crippen molar-refractivity contribution in [2.45, 2.75) is 38.2 Å². The van der Waals surface area contributed by atoms with Crippen molar-refractivity contribution in [3.05, 3.63) is 0 Å². The van der Waals surface area contributed by atoms with Gasteiger partial charge in [0.05, 0.1) is 11.5 Å². The molecule has 2 N–H and O–H groups in total. The lowest BCUT2D eigenvalue weighted by molar-refractivity contribution is -0.120. The van der Waals surface area contributed by atoms with Gasteiger partial charge in [-0.2, -0.15) is 0 Å². The fraction of sp³-hybridized carbons (Fsp3) is 0.833. The molecule has 0 rings (SSSR count). The van der Waals surface area contributed by atoms with Crippen molar-refractivity contribution in [3.63, 3.8) is 0 Å². The van der Waals surface area contributed by atoms with Gasteiger partial charge in [-0.25, -0.2) is 0 Å². The Balaban J connectivity index is 3.44. The summed E-state index contributed by atoms with van der Waals surface area (Å²) in [6.45, 7) is 9.23. The molecule has 0 heterocycles. The Labute approximate surface area is 118 Å². The van der Waals surface area contributed by atoms with Crippen LogP contribution in [0.25, 0.3) is 0 Å². The second kappa shape index (κ2) is 10.6. The van der Waals surface area contributed by atoms with Crippen molar-refractivity contribution in [1.82, 2.24) is 10.6 Å². The molecule has 4 nitrogen and oxygen atoms in total. The van der Waals surface area contributed by atoms with E-state index in [9.17, 15) is 9.59 Å². The number of carbonyl (C=O) groups is 2. The first-order valence-electron chi connectivity index (χ1n) is 6.18. The summed E-state index contributed by atoms with van der Waals surface area (Å²) in [6, 6.07) is 0. The second-order valence-electron chi connectivity index (χ2n) is 4.42. The number of amides is 2. The number of hydrogen-bond donors (Lipinski definition) is 2. The molecule has 0 aliphatic rings. The number of carbonyl (C=O) groups excluding carboxylic acids is 2. The van der Waals surface area contributed by atoms with Gasteiger partial charge in [-0.05, 0) is 10.5 Å². The molecule has 0 spiro atoms. The van der Waals surface area contributed by atoms with Gasteiger partial charge in [0.15, 0.2) is 0 Å². The van der Waals surface area contributed by atoms with Gasteiger partial charge in [0.25, 0.3) is 0 Å². The first-order valence-corrected chi connectivity index (χ1v) is 8.28. The molecule has 0 saturated carbocycles. The van der Waals surface area contributed by atoms with E-state index in [-0.39, 0.29) is 11.8 Å². The monoisotopic (exact) mass is 292 g/mol. The minimum Gasteiger partial charge on any atom is -0.354 e. The lowest BCUT2D eigenvalue weighted by atomic mass is 10.5. The fourth-order valence-electron chi connectivity index (χ4n) is 0.991. The van der Waals surface area contributed by atoms with Crippen molar-refractivity contribution in [2.75, 3.05) is 24.6 Å². The molecule has 6 heteroatoms. The molecule has 0 fully saturated rings. The number of nitrogens with one attached hydrogen (secondary N) is 2. The molecule has 0 aromatic rings. The molecule has 18 heavy (non-hydrogen) atoms. The maximum Gasteiger partial charge on any atom is 0.230 e. The number of rotatable bonds is 9. The van der Waals surface area contributed by atoms with Crippen LogP contribution < -0.4 is 10.6 Å². The van der Waals surface area contributed by atoms with Crippen molar-refractivity contribution >= 4 is 35.3 Å². The molecule has 106 valence electrons. The van der Waals surface area contributed by atoms with Crippen molar-refractivity contribution in [2.24, 2.45) is 0 Å². The van der Waals surface area contributed by atoms with Crippen LogP contribution in [0.15, 0.2) is 0 Å². The summed E-state index contributed by atoms with van der Waals surface area (Å²) in [5.41, 5.74) is 0. The van der Waals surface area contributed by atoms with E-state index in [0.29, 0.717) is 35.1 Å². The standard InChI is InChI=1S/C12H24N2O2S2/c1-9(2)17-7-11(15)13-5-6-14-12(16)8-18-10(3)4/h9-10H,5-8H2,1-4H3,(H,13,15)(H,14,16).